The van der Waals surface area contributed by atoms with Crippen LogP contribution in [0.25, 0.3) is 21.2 Å². The summed E-state index contributed by atoms with van der Waals surface area (Å²) in [5, 5.41) is 3.30. The fourth-order valence-corrected chi connectivity index (χ4v) is 4.46. The van der Waals surface area contributed by atoms with Gasteiger partial charge in [-0.1, -0.05) is 11.8 Å². The van der Waals surface area contributed by atoms with E-state index in [1.165, 1.54) is 29.2 Å². The Balaban J connectivity index is 1.73. The van der Waals surface area contributed by atoms with Gasteiger partial charge in [0.2, 0.25) is 0 Å². The Morgan fingerprint density at radius 2 is 2.12 bits per heavy atom. The van der Waals surface area contributed by atoms with Gasteiger partial charge in [-0.15, -0.1) is 11.3 Å². The first kappa shape index (κ1) is 16.9. The zero-order chi connectivity index (χ0) is 18.3. The molecule has 132 valence electrons. The van der Waals surface area contributed by atoms with Crippen LogP contribution in [0.1, 0.15) is 5.56 Å². The van der Waals surface area contributed by atoms with Crippen molar-refractivity contribution >= 4 is 44.3 Å². The maximum atomic E-state index is 12.4. The van der Waals surface area contributed by atoms with Gasteiger partial charge in [0.25, 0.3) is 5.56 Å². The quantitative estimate of drug-likeness (QED) is 0.304. The summed E-state index contributed by atoms with van der Waals surface area (Å²) < 4.78 is 12.6. The summed E-state index contributed by atoms with van der Waals surface area (Å²) in [6.45, 7) is 0. The molecule has 26 heavy (non-hydrogen) atoms. The number of aromatic nitrogens is 2. The summed E-state index contributed by atoms with van der Waals surface area (Å²) in [6.07, 6.45) is 0. The summed E-state index contributed by atoms with van der Waals surface area (Å²) in [6, 6.07) is 8.69. The second-order valence-corrected chi connectivity index (χ2v) is 7.49. The molecule has 0 saturated carbocycles. The lowest BCUT2D eigenvalue weighted by atomic mass is 10.1. The highest BCUT2D eigenvalue weighted by molar-refractivity contribution is 7.98. The second kappa shape index (κ2) is 6.62. The molecule has 0 N–H and O–H groups in total. The van der Waals surface area contributed by atoms with Crippen molar-refractivity contribution in [3.8, 4) is 5.75 Å². The van der Waals surface area contributed by atoms with Crippen LogP contribution in [-0.2, 0) is 12.8 Å². The molecule has 4 rings (SSSR count). The minimum atomic E-state index is -0.420. The minimum Gasteiger partial charge on any atom is -0.497 e. The van der Waals surface area contributed by atoms with E-state index in [0.29, 0.717) is 32.5 Å². The summed E-state index contributed by atoms with van der Waals surface area (Å²) >= 11 is 2.80. The lowest BCUT2D eigenvalue weighted by Crippen LogP contribution is -2.18. The summed E-state index contributed by atoms with van der Waals surface area (Å²) in [7, 11) is 3.27. The standard InChI is InChI=1S/C18H14N2O4S2/c1-20-17(22)16-13(5-6-25-16)19-18(20)26-9-10-7-15(21)24-14-8-11(23-2)3-4-12(10)14/h3-8H,9H2,1-2H3. The molecule has 0 aliphatic heterocycles. The van der Waals surface area contributed by atoms with Gasteiger partial charge in [-0.3, -0.25) is 9.36 Å². The number of methoxy groups -OCH3 is 1. The Morgan fingerprint density at radius 1 is 1.27 bits per heavy atom. The van der Waals surface area contributed by atoms with Gasteiger partial charge < -0.3 is 9.15 Å². The predicted octanol–water partition coefficient (Wildman–Crippen LogP) is 3.40. The normalized spacial score (nSPS) is 11.3. The molecule has 0 atom stereocenters. The number of benzene rings is 1. The van der Waals surface area contributed by atoms with Gasteiger partial charge in [0.1, 0.15) is 16.0 Å². The smallest absolute Gasteiger partial charge is 0.336 e. The third kappa shape index (κ3) is 2.91. The van der Waals surface area contributed by atoms with E-state index in [1.54, 1.807) is 24.8 Å². The van der Waals surface area contributed by atoms with Crippen LogP contribution in [0, 0.1) is 0 Å². The van der Waals surface area contributed by atoms with E-state index in [-0.39, 0.29) is 5.56 Å². The first-order chi connectivity index (χ1) is 12.6. The average molecular weight is 386 g/mol. The van der Waals surface area contributed by atoms with Crippen molar-refractivity contribution in [1.82, 2.24) is 9.55 Å². The molecule has 0 radical (unpaired) electrons. The highest BCUT2D eigenvalue weighted by atomic mass is 32.2. The fraction of sp³-hybridized carbons (Fsp3) is 0.167. The highest BCUT2D eigenvalue weighted by Gasteiger charge is 2.12. The van der Waals surface area contributed by atoms with E-state index in [9.17, 15) is 9.59 Å². The number of hydrogen-bond donors (Lipinski definition) is 0. The molecule has 6 nitrogen and oxygen atoms in total. The van der Waals surface area contributed by atoms with Crippen molar-refractivity contribution in [1.29, 1.82) is 0 Å². The van der Waals surface area contributed by atoms with E-state index in [1.807, 2.05) is 23.6 Å². The van der Waals surface area contributed by atoms with Gasteiger partial charge >= 0.3 is 5.63 Å². The molecular weight excluding hydrogens is 372 g/mol. The number of rotatable bonds is 4. The van der Waals surface area contributed by atoms with Gasteiger partial charge in [0.15, 0.2) is 5.16 Å². The number of hydrogen-bond acceptors (Lipinski definition) is 7. The topological polar surface area (TPSA) is 74.3 Å². The molecule has 0 amide bonds. The fourth-order valence-electron chi connectivity index (χ4n) is 2.70. The summed E-state index contributed by atoms with van der Waals surface area (Å²) in [5.41, 5.74) is 1.51. The van der Waals surface area contributed by atoms with Gasteiger partial charge in [-0.25, -0.2) is 9.78 Å². The van der Waals surface area contributed by atoms with Crippen molar-refractivity contribution in [3.05, 3.63) is 62.0 Å². The van der Waals surface area contributed by atoms with Crippen LogP contribution in [0.4, 0.5) is 0 Å². The van der Waals surface area contributed by atoms with Crippen molar-refractivity contribution in [3.63, 3.8) is 0 Å². The molecule has 0 spiro atoms. The predicted molar refractivity (Wildman–Crippen MR) is 103 cm³/mol. The Kier molecular flexibility index (Phi) is 4.29. The first-order valence-electron chi connectivity index (χ1n) is 7.74. The molecule has 3 heterocycles. The lowest BCUT2D eigenvalue weighted by molar-refractivity contribution is 0.414. The number of thioether (sulfide) groups is 1. The van der Waals surface area contributed by atoms with Crippen LogP contribution in [-0.4, -0.2) is 16.7 Å². The monoisotopic (exact) mass is 386 g/mol. The van der Waals surface area contributed by atoms with Crippen molar-refractivity contribution in [2.75, 3.05) is 7.11 Å². The van der Waals surface area contributed by atoms with Crippen LogP contribution >= 0.6 is 23.1 Å². The molecule has 4 aromatic rings. The summed E-state index contributed by atoms with van der Waals surface area (Å²) in [4.78, 5) is 28.8. The molecule has 0 aliphatic carbocycles. The van der Waals surface area contributed by atoms with Crippen molar-refractivity contribution in [2.45, 2.75) is 10.9 Å². The van der Waals surface area contributed by atoms with E-state index in [4.69, 9.17) is 9.15 Å². The second-order valence-electron chi connectivity index (χ2n) is 5.63. The minimum absolute atomic E-state index is 0.0605. The number of nitrogens with zero attached hydrogens (tertiary/aromatic N) is 2. The van der Waals surface area contributed by atoms with E-state index < -0.39 is 5.63 Å². The Labute approximate surface area is 156 Å². The Hall–Kier alpha value is -2.58. The first-order valence-corrected chi connectivity index (χ1v) is 9.61. The molecule has 0 fully saturated rings. The van der Waals surface area contributed by atoms with Gasteiger partial charge in [0, 0.05) is 30.3 Å². The Morgan fingerprint density at radius 3 is 2.92 bits per heavy atom. The largest absolute Gasteiger partial charge is 0.497 e. The van der Waals surface area contributed by atoms with Crippen molar-refractivity contribution < 1.29 is 9.15 Å². The molecule has 3 aromatic heterocycles. The van der Waals surface area contributed by atoms with Crippen LogP contribution in [0.3, 0.4) is 0 Å². The van der Waals surface area contributed by atoms with E-state index in [2.05, 4.69) is 4.98 Å². The van der Waals surface area contributed by atoms with Crippen LogP contribution < -0.4 is 15.9 Å². The molecule has 0 saturated heterocycles. The zero-order valence-corrected chi connectivity index (χ0v) is 15.6. The summed E-state index contributed by atoms with van der Waals surface area (Å²) in [5.74, 6) is 1.11. The molecular formula is C18H14N2O4S2. The third-order valence-corrected chi connectivity index (χ3v) is 6.01. The van der Waals surface area contributed by atoms with Crippen LogP contribution in [0.5, 0.6) is 5.75 Å². The average Bonchev–Trinajstić information content (AvgIpc) is 3.11. The van der Waals surface area contributed by atoms with E-state index in [0.717, 1.165) is 10.9 Å². The van der Waals surface area contributed by atoms with Crippen LogP contribution in [0.2, 0.25) is 0 Å². The van der Waals surface area contributed by atoms with E-state index >= 15 is 0 Å². The molecule has 1 aromatic carbocycles. The number of thiophene rings is 1. The van der Waals surface area contributed by atoms with Gasteiger partial charge in [0.05, 0.1) is 12.6 Å². The molecule has 0 aliphatic rings. The van der Waals surface area contributed by atoms with Crippen LogP contribution in [0.15, 0.2) is 54.9 Å². The molecule has 0 bridgehead atoms. The van der Waals surface area contributed by atoms with Crippen molar-refractivity contribution in [2.24, 2.45) is 7.05 Å². The van der Waals surface area contributed by atoms with Gasteiger partial charge in [-0.2, -0.15) is 0 Å². The maximum Gasteiger partial charge on any atom is 0.336 e. The molecule has 0 unspecified atom stereocenters. The van der Waals surface area contributed by atoms with Gasteiger partial charge in [-0.05, 0) is 29.1 Å². The highest BCUT2D eigenvalue weighted by Crippen LogP contribution is 2.28. The zero-order valence-electron chi connectivity index (χ0n) is 14.0. The molecule has 8 heteroatoms. The lowest BCUT2D eigenvalue weighted by Gasteiger charge is -2.09. The maximum absolute atomic E-state index is 12.4. The Bertz CT molecular complexity index is 1240. The SMILES string of the molecule is COc1ccc2c(CSc3nc4ccsc4c(=O)n3C)cc(=O)oc2c1. The number of ether oxygens (including phenoxy) is 1. The number of fused-ring (bicyclic) bond motifs is 2. The third-order valence-electron chi connectivity index (χ3n) is 4.04.